The topological polar surface area (TPSA) is 0 Å². The van der Waals surface area contributed by atoms with Crippen molar-refractivity contribution in [3.63, 3.8) is 0 Å². The first-order chi connectivity index (χ1) is 13.2. The zero-order valence-electron chi connectivity index (χ0n) is 15.6. The van der Waals surface area contributed by atoms with Crippen LogP contribution in [0.5, 0.6) is 0 Å². The lowest BCUT2D eigenvalue weighted by Gasteiger charge is -2.39. The van der Waals surface area contributed by atoms with Gasteiger partial charge in [0.1, 0.15) is 0 Å². The second-order valence-corrected chi connectivity index (χ2v) is 10.3. The average molecular weight is 367 g/mol. The van der Waals surface area contributed by atoms with Crippen molar-refractivity contribution < 1.29 is 0 Å². The van der Waals surface area contributed by atoms with Crippen molar-refractivity contribution in [3.05, 3.63) is 108 Å². The van der Waals surface area contributed by atoms with E-state index < -0.39 is 10.0 Å². The van der Waals surface area contributed by atoms with Crippen molar-refractivity contribution in [2.75, 3.05) is 0 Å². The first kappa shape index (κ1) is 16.4. The molecule has 132 valence electrons. The van der Waals surface area contributed by atoms with Gasteiger partial charge in [0.25, 0.3) is 0 Å². The molecule has 0 radical (unpaired) electrons. The molecule has 0 saturated heterocycles. The quantitative estimate of drug-likeness (QED) is 0.301. The highest BCUT2D eigenvalue weighted by Crippen LogP contribution is 2.79. The van der Waals surface area contributed by atoms with Gasteiger partial charge in [0, 0.05) is 19.6 Å². The van der Waals surface area contributed by atoms with Gasteiger partial charge in [0.05, 0.1) is 0 Å². The lowest BCUT2D eigenvalue weighted by atomic mass is 10.1. The summed E-state index contributed by atoms with van der Waals surface area (Å²) in [5.74, 6) is 0. The van der Waals surface area contributed by atoms with Gasteiger partial charge in [-0.25, -0.2) is 0 Å². The third-order valence-electron chi connectivity index (χ3n) is 5.47. The first-order valence-corrected chi connectivity index (χ1v) is 11.0. The molecule has 1 heteroatoms. The number of fused-ring (bicyclic) bond motifs is 3. The van der Waals surface area contributed by atoms with Gasteiger partial charge in [-0.05, 0) is 61.4 Å². The van der Waals surface area contributed by atoms with Crippen LogP contribution in [0.1, 0.15) is 11.1 Å². The molecule has 0 spiro atoms. The summed E-state index contributed by atoms with van der Waals surface area (Å²) in [5.41, 5.74) is 5.36. The van der Waals surface area contributed by atoms with Crippen molar-refractivity contribution in [1.82, 2.24) is 0 Å². The Hall–Kier alpha value is -2.77. The smallest absolute Gasteiger partial charge is 0.0102 e. The highest BCUT2D eigenvalue weighted by Gasteiger charge is 2.41. The van der Waals surface area contributed by atoms with Crippen LogP contribution in [0, 0.1) is 13.8 Å². The predicted octanol–water partition coefficient (Wildman–Crippen LogP) is 7.62. The number of aryl methyl sites for hydroxylation is 2. The fourth-order valence-electron chi connectivity index (χ4n) is 4.16. The molecule has 0 aliphatic carbocycles. The van der Waals surface area contributed by atoms with Gasteiger partial charge in [0.15, 0.2) is 0 Å². The fraction of sp³-hybridized carbons (Fsp3) is 0.0769. The van der Waals surface area contributed by atoms with E-state index in [-0.39, 0.29) is 0 Å². The summed E-state index contributed by atoms with van der Waals surface area (Å²) < 4.78 is 0. The zero-order valence-corrected chi connectivity index (χ0v) is 16.5. The van der Waals surface area contributed by atoms with Gasteiger partial charge < -0.3 is 0 Å². The van der Waals surface area contributed by atoms with Crippen LogP contribution in [0.2, 0.25) is 0 Å². The van der Waals surface area contributed by atoms with E-state index in [4.69, 9.17) is 0 Å². The Morgan fingerprint density at radius 3 is 1.22 bits per heavy atom. The molecule has 0 nitrogen and oxygen atoms in total. The van der Waals surface area contributed by atoms with Gasteiger partial charge >= 0.3 is 0 Å². The maximum absolute atomic E-state index is 2.34. The van der Waals surface area contributed by atoms with Crippen LogP contribution in [0.4, 0.5) is 0 Å². The molecule has 0 bridgehead atoms. The van der Waals surface area contributed by atoms with Gasteiger partial charge in [-0.15, -0.1) is 10.0 Å². The highest BCUT2D eigenvalue weighted by molar-refractivity contribution is 8.34. The van der Waals surface area contributed by atoms with Crippen molar-refractivity contribution >= 4 is 10.0 Å². The number of rotatable bonds is 2. The van der Waals surface area contributed by atoms with E-state index in [1.54, 1.807) is 0 Å². The molecule has 1 heterocycles. The molecule has 27 heavy (non-hydrogen) atoms. The lowest BCUT2D eigenvalue weighted by Crippen LogP contribution is -2.02. The van der Waals surface area contributed by atoms with Crippen LogP contribution in [-0.2, 0) is 0 Å². The maximum atomic E-state index is 2.34. The molecule has 0 N–H and O–H groups in total. The summed E-state index contributed by atoms with van der Waals surface area (Å²) in [6.07, 6.45) is 0. The van der Waals surface area contributed by atoms with Crippen molar-refractivity contribution in [1.29, 1.82) is 0 Å². The van der Waals surface area contributed by atoms with Crippen LogP contribution in [-0.4, -0.2) is 0 Å². The molecule has 1 aliphatic rings. The van der Waals surface area contributed by atoms with Crippen molar-refractivity contribution in [2.24, 2.45) is 0 Å². The van der Waals surface area contributed by atoms with Crippen LogP contribution in [0.15, 0.2) is 117 Å². The molecular formula is C26H22S. The second-order valence-electron chi connectivity index (χ2n) is 7.23. The molecule has 4 aromatic rings. The minimum Gasteiger partial charge on any atom is -0.132 e. The molecule has 4 aromatic carbocycles. The van der Waals surface area contributed by atoms with Crippen LogP contribution in [0.3, 0.4) is 0 Å². The third-order valence-corrected chi connectivity index (χ3v) is 9.46. The standard InChI is InChI=1S/C26H22S/c1-19-11-15-21(16-12-19)27(22-17-13-20(2)14-18-22)25-9-5-3-7-23(25)24-8-4-6-10-26(24)27/h3-18H,1-2H3. The van der Waals surface area contributed by atoms with Crippen molar-refractivity contribution in [2.45, 2.75) is 33.4 Å². The fourth-order valence-corrected chi connectivity index (χ4v) is 8.35. The lowest BCUT2D eigenvalue weighted by molar-refractivity contribution is 1.26. The largest absolute Gasteiger partial charge is 0.132 e. The van der Waals surface area contributed by atoms with Crippen LogP contribution in [0.25, 0.3) is 11.1 Å². The second kappa shape index (κ2) is 6.14. The molecule has 0 saturated carbocycles. The van der Waals surface area contributed by atoms with Gasteiger partial charge in [-0.1, -0.05) is 71.8 Å². The monoisotopic (exact) mass is 366 g/mol. The SMILES string of the molecule is Cc1ccc(S2(c3ccc(C)cc3)c3ccccc3-c3ccccc32)cc1. The molecule has 0 aromatic heterocycles. The van der Waals surface area contributed by atoms with E-state index in [9.17, 15) is 0 Å². The Bertz CT molecular complexity index is 1030. The number of hydrogen-bond donors (Lipinski definition) is 0. The summed E-state index contributed by atoms with van der Waals surface area (Å²) in [6, 6.07) is 36.3. The zero-order chi connectivity index (χ0) is 18.4. The van der Waals surface area contributed by atoms with E-state index in [1.807, 2.05) is 0 Å². The Kier molecular flexibility index (Phi) is 3.73. The molecule has 5 rings (SSSR count). The Morgan fingerprint density at radius 1 is 0.444 bits per heavy atom. The molecule has 1 aliphatic heterocycles. The maximum Gasteiger partial charge on any atom is 0.0102 e. The van der Waals surface area contributed by atoms with Gasteiger partial charge in [-0.3, -0.25) is 0 Å². The number of hydrogen-bond acceptors (Lipinski definition) is 0. The van der Waals surface area contributed by atoms with Crippen LogP contribution >= 0.6 is 10.0 Å². The van der Waals surface area contributed by atoms with E-state index in [0.29, 0.717) is 0 Å². The summed E-state index contributed by atoms with van der Waals surface area (Å²) in [7, 11) is -1.47. The minimum atomic E-state index is -1.47. The summed E-state index contributed by atoms with van der Waals surface area (Å²) in [6.45, 7) is 4.32. The molecular weight excluding hydrogens is 344 g/mol. The molecule has 0 unspecified atom stereocenters. The van der Waals surface area contributed by atoms with E-state index in [2.05, 4.69) is 111 Å². The Labute approximate surface area is 162 Å². The summed E-state index contributed by atoms with van der Waals surface area (Å²) in [4.78, 5) is 5.74. The Morgan fingerprint density at radius 2 is 0.815 bits per heavy atom. The minimum absolute atomic E-state index is 1.30. The highest BCUT2D eigenvalue weighted by atomic mass is 32.3. The van der Waals surface area contributed by atoms with Crippen molar-refractivity contribution in [3.8, 4) is 11.1 Å². The summed E-state index contributed by atoms with van der Waals surface area (Å²) in [5, 5.41) is 0. The van der Waals surface area contributed by atoms with E-state index in [0.717, 1.165) is 0 Å². The third kappa shape index (κ3) is 2.32. The normalized spacial score (nSPS) is 15.0. The first-order valence-electron chi connectivity index (χ1n) is 9.36. The Balaban J connectivity index is 1.94. The molecule has 0 amide bonds. The predicted molar refractivity (Wildman–Crippen MR) is 115 cm³/mol. The molecule has 0 fully saturated rings. The summed E-state index contributed by atoms with van der Waals surface area (Å²) >= 11 is 0. The van der Waals surface area contributed by atoms with Crippen LogP contribution < -0.4 is 0 Å². The van der Waals surface area contributed by atoms with Gasteiger partial charge in [-0.2, -0.15) is 0 Å². The number of benzene rings is 4. The van der Waals surface area contributed by atoms with E-state index in [1.165, 1.54) is 41.8 Å². The van der Waals surface area contributed by atoms with Gasteiger partial charge in [0.2, 0.25) is 0 Å². The molecule has 0 atom stereocenters. The average Bonchev–Trinajstić information content (AvgIpc) is 3.01. The van der Waals surface area contributed by atoms with E-state index >= 15 is 0 Å².